The summed E-state index contributed by atoms with van der Waals surface area (Å²) in [4.78, 5) is 11.6. The summed E-state index contributed by atoms with van der Waals surface area (Å²) in [7, 11) is 0. The lowest BCUT2D eigenvalue weighted by molar-refractivity contribution is -0.124. The van der Waals surface area contributed by atoms with E-state index < -0.39 is 0 Å². The van der Waals surface area contributed by atoms with E-state index in [1.165, 1.54) is 12.8 Å². The molecule has 2 unspecified atom stereocenters. The summed E-state index contributed by atoms with van der Waals surface area (Å²) in [6.45, 7) is 5.01. The summed E-state index contributed by atoms with van der Waals surface area (Å²) in [6, 6.07) is 0. The highest BCUT2D eigenvalue weighted by Gasteiger charge is 2.16. The molecule has 5 heteroatoms. The normalized spacial score (nSPS) is 22.0. The molecule has 2 atom stereocenters. The van der Waals surface area contributed by atoms with Crippen molar-refractivity contribution in [2.45, 2.75) is 19.8 Å². The SMILES string of the molecule is CSCC(C)C(=O)NCC1CCCNC1.Cl. The van der Waals surface area contributed by atoms with Gasteiger partial charge in [0.05, 0.1) is 0 Å². The molecule has 1 heterocycles. The lowest BCUT2D eigenvalue weighted by atomic mass is 9.99. The molecule has 0 bridgehead atoms. The maximum Gasteiger partial charge on any atom is 0.223 e. The lowest BCUT2D eigenvalue weighted by Gasteiger charge is -2.23. The minimum atomic E-state index is 0. The van der Waals surface area contributed by atoms with Crippen molar-refractivity contribution in [3.63, 3.8) is 0 Å². The molecule has 1 amide bonds. The number of rotatable bonds is 5. The molecule has 2 N–H and O–H groups in total. The minimum Gasteiger partial charge on any atom is -0.356 e. The number of hydrogen-bond donors (Lipinski definition) is 2. The summed E-state index contributed by atoms with van der Waals surface area (Å²) < 4.78 is 0. The van der Waals surface area contributed by atoms with E-state index in [0.29, 0.717) is 5.92 Å². The number of hydrogen-bond acceptors (Lipinski definition) is 3. The molecular formula is C11H23ClN2OS. The van der Waals surface area contributed by atoms with Crippen molar-refractivity contribution >= 4 is 30.1 Å². The average molecular weight is 267 g/mol. The van der Waals surface area contributed by atoms with Crippen LogP contribution in [0, 0.1) is 11.8 Å². The fourth-order valence-electron chi connectivity index (χ4n) is 1.84. The van der Waals surface area contributed by atoms with Gasteiger partial charge in [-0.25, -0.2) is 0 Å². The van der Waals surface area contributed by atoms with Crippen molar-refractivity contribution in [1.82, 2.24) is 10.6 Å². The van der Waals surface area contributed by atoms with Gasteiger partial charge in [-0.1, -0.05) is 6.92 Å². The van der Waals surface area contributed by atoms with Crippen LogP contribution in [0.25, 0.3) is 0 Å². The molecule has 0 aromatic carbocycles. The van der Waals surface area contributed by atoms with Crippen LogP contribution in [0.1, 0.15) is 19.8 Å². The zero-order valence-corrected chi connectivity index (χ0v) is 11.8. The van der Waals surface area contributed by atoms with Crippen LogP contribution in [-0.2, 0) is 4.79 Å². The van der Waals surface area contributed by atoms with E-state index in [0.717, 1.165) is 25.4 Å². The Balaban J connectivity index is 0.00000225. The third kappa shape index (κ3) is 5.97. The second-order valence-electron chi connectivity index (χ2n) is 4.31. The Kier molecular flexibility index (Phi) is 9.18. The minimum absolute atomic E-state index is 0. The molecule has 0 saturated carbocycles. The van der Waals surface area contributed by atoms with Crippen molar-refractivity contribution in [3.8, 4) is 0 Å². The number of carbonyl (C=O) groups is 1. The fourth-order valence-corrected chi connectivity index (χ4v) is 2.49. The maximum atomic E-state index is 11.6. The number of piperidine rings is 1. The van der Waals surface area contributed by atoms with Crippen molar-refractivity contribution in [2.75, 3.05) is 31.6 Å². The van der Waals surface area contributed by atoms with Crippen LogP contribution in [-0.4, -0.2) is 37.6 Å². The molecule has 1 aliphatic rings. The predicted molar refractivity (Wildman–Crippen MR) is 73.4 cm³/mol. The van der Waals surface area contributed by atoms with E-state index in [9.17, 15) is 4.79 Å². The first-order valence-electron chi connectivity index (χ1n) is 5.71. The third-order valence-electron chi connectivity index (χ3n) is 2.83. The number of nitrogens with one attached hydrogen (secondary N) is 2. The fraction of sp³-hybridized carbons (Fsp3) is 0.909. The van der Waals surface area contributed by atoms with Gasteiger partial charge in [-0.15, -0.1) is 12.4 Å². The molecule has 1 fully saturated rings. The number of carbonyl (C=O) groups excluding carboxylic acids is 1. The van der Waals surface area contributed by atoms with E-state index in [1.54, 1.807) is 11.8 Å². The van der Waals surface area contributed by atoms with Gasteiger partial charge < -0.3 is 10.6 Å². The number of thioether (sulfide) groups is 1. The van der Waals surface area contributed by atoms with Gasteiger partial charge in [0.25, 0.3) is 0 Å². The highest BCUT2D eigenvalue weighted by Crippen LogP contribution is 2.09. The Morgan fingerprint density at radius 2 is 2.38 bits per heavy atom. The molecule has 16 heavy (non-hydrogen) atoms. The van der Waals surface area contributed by atoms with E-state index >= 15 is 0 Å². The zero-order valence-electron chi connectivity index (χ0n) is 10.1. The van der Waals surface area contributed by atoms with Crippen LogP contribution in [0.15, 0.2) is 0 Å². The molecular weight excluding hydrogens is 244 g/mol. The van der Waals surface area contributed by atoms with E-state index in [-0.39, 0.29) is 24.2 Å². The molecule has 0 aromatic rings. The number of halogens is 1. The average Bonchev–Trinajstić information content (AvgIpc) is 2.27. The third-order valence-corrected chi connectivity index (χ3v) is 3.66. The molecule has 3 nitrogen and oxygen atoms in total. The summed E-state index contributed by atoms with van der Waals surface area (Å²) >= 11 is 1.73. The maximum absolute atomic E-state index is 11.6. The van der Waals surface area contributed by atoms with E-state index in [4.69, 9.17) is 0 Å². The van der Waals surface area contributed by atoms with Gasteiger partial charge in [0, 0.05) is 18.2 Å². The Labute approximate surface area is 109 Å². The quantitative estimate of drug-likeness (QED) is 0.793. The second-order valence-corrected chi connectivity index (χ2v) is 5.22. The van der Waals surface area contributed by atoms with Crippen LogP contribution in [0.2, 0.25) is 0 Å². The lowest BCUT2D eigenvalue weighted by Crippen LogP contribution is -2.40. The zero-order chi connectivity index (χ0) is 11.1. The smallest absolute Gasteiger partial charge is 0.223 e. The van der Waals surface area contributed by atoms with Gasteiger partial charge in [0.1, 0.15) is 0 Å². The predicted octanol–water partition coefficient (Wildman–Crippen LogP) is 1.52. The molecule has 96 valence electrons. The largest absolute Gasteiger partial charge is 0.356 e. The molecule has 1 aliphatic heterocycles. The first kappa shape index (κ1) is 16.1. The summed E-state index contributed by atoms with van der Waals surface area (Å²) in [5.74, 6) is 1.88. The van der Waals surface area contributed by atoms with Gasteiger partial charge in [-0.2, -0.15) is 11.8 Å². The van der Waals surface area contributed by atoms with Crippen LogP contribution in [0.4, 0.5) is 0 Å². The Morgan fingerprint density at radius 3 is 2.94 bits per heavy atom. The Morgan fingerprint density at radius 1 is 1.62 bits per heavy atom. The van der Waals surface area contributed by atoms with Crippen LogP contribution >= 0.6 is 24.2 Å². The highest BCUT2D eigenvalue weighted by molar-refractivity contribution is 7.98. The van der Waals surface area contributed by atoms with Gasteiger partial charge >= 0.3 is 0 Å². The van der Waals surface area contributed by atoms with Crippen molar-refractivity contribution < 1.29 is 4.79 Å². The molecule has 0 spiro atoms. The summed E-state index contributed by atoms with van der Waals surface area (Å²) in [5.41, 5.74) is 0. The molecule has 1 saturated heterocycles. The first-order chi connectivity index (χ1) is 7.24. The van der Waals surface area contributed by atoms with Crippen molar-refractivity contribution in [2.24, 2.45) is 11.8 Å². The standard InChI is InChI=1S/C11H22N2OS.ClH/c1-9(8-15-2)11(14)13-7-10-4-3-5-12-6-10;/h9-10,12H,3-8H2,1-2H3,(H,13,14);1H. The second kappa shape index (κ2) is 9.14. The molecule has 0 radical (unpaired) electrons. The van der Waals surface area contributed by atoms with Crippen molar-refractivity contribution in [1.29, 1.82) is 0 Å². The topological polar surface area (TPSA) is 41.1 Å². The number of amides is 1. The monoisotopic (exact) mass is 266 g/mol. The highest BCUT2D eigenvalue weighted by atomic mass is 35.5. The van der Waals surface area contributed by atoms with E-state index in [2.05, 4.69) is 10.6 Å². The molecule has 1 rings (SSSR count). The van der Waals surface area contributed by atoms with Crippen LogP contribution in [0.5, 0.6) is 0 Å². The first-order valence-corrected chi connectivity index (χ1v) is 7.10. The Bertz CT molecular complexity index is 198. The van der Waals surface area contributed by atoms with Crippen molar-refractivity contribution in [3.05, 3.63) is 0 Å². The summed E-state index contributed by atoms with van der Waals surface area (Å²) in [5, 5.41) is 6.40. The summed E-state index contributed by atoms with van der Waals surface area (Å²) in [6.07, 6.45) is 4.51. The Hall–Kier alpha value is 0.0700. The van der Waals surface area contributed by atoms with Gasteiger partial charge in [0.15, 0.2) is 0 Å². The van der Waals surface area contributed by atoms with Crippen LogP contribution in [0.3, 0.4) is 0 Å². The van der Waals surface area contributed by atoms with E-state index in [1.807, 2.05) is 13.2 Å². The van der Waals surface area contributed by atoms with Gasteiger partial charge in [0.2, 0.25) is 5.91 Å². The van der Waals surface area contributed by atoms with Gasteiger partial charge in [-0.05, 0) is 38.1 Å². The molecule has 0 aromatic heterocycles. The molecule has 0 aliphatic carbocycles. The van der Waals surface area contributed by atoms with Gasteiger partial charge in [-0.3, -0.25) is 4.79 Å². The van der Waals surface area contributed by atoms with Crippen LogP contribution < -0.4 is 10.6 Å².